The van der Waals surface area contributed by atoms with Crippen LogP contribution in [0.4, 0.5) is 17.1 Å². The molecule has 0 bridgehead atoms. The monoisotopic (exact) mass is 371 g/mol. The lowest BCUT2D eigenvalue weighted by atomic mass is 10.1. The van der Waals surface area contributed by atoms with Gasteiger partial charge >= 0.3 is 0 Å². The van der Waals surface area contributed by atoms with Crippen molar-refractivity contribution in [3.8, 4) is 5.75 Å². The summed E-state index contributed by atoms with van der Waals surface area (Å²) in [5, 5.41) is 18.6. The Morgan fingerprint density at radius 1 is 1.00 bits per heavy atom. The molecule has 0 amide bonds. The Hall–Kier alpha value is -2.97. The molecule has 0 radical (unpaired) electrons. The van der Waals surface area contributed by atoms with E-state index in [2.05, 4.69) is 10.2 Å². The fraction of sp³-hybridized carbons (Fsp3) is 0.111. The summed E-state index contributed by atoms with van der Waals surface area (Å²) in [4.78, 5) is -0.534. The number of phenolic OH excluding ortho intramolecular Hbond substituents is 1. The standard InChI is InChI=1S/C18H17N3O4S/c1-2-11-7-9-12(10-8-11)20-21-16-17(22)15(19)13-5-3-4-6-14(13)18(16)26(23,24)25/h3-10,22H,2,19H2,1H3,(H,23,24,25). The number of anilines is 1. The molecule has 0 aromatic heterocycles. The molecular formula is C18H17N3O4S. The molecule has 26 heavy (non-hydrogen) atoms. The summed E-state index contributed by atoms with van der Waals surface area (Å²) in [5.74, 6) is -0.551. The Bertz CT molecular complexity index is 1110. The maximum absolute atomic E-state index is 11.9. The lowest BCUT2D eigenvalue weighted by Gasteiger charge is -2.12. The van der Waals surface area contributed by atoms with Gasteiger partial charge in [-0.3, -0.25) is 4.55 Å². The number of azo groups is 1. The molecule has 0 aliphatic rings. The lowest BCUT2D eigenvalue weighted by molar-refractivity contribution is 0.471. The average Bonchev–Trinajstić information content (AvgIpc) is 2.62. The van der Waals surface area contributed by atoms with Crippen LogP contribution in [0.25, 0.3) is 10.8 Å². The topological polar surface area (TPSA) is 125 Å². The van der Waals surface area contributed by atoms with Crippen LogP contribution in [0.2, 0.25) is 0 Å². The first kappa shape index (κ1) is 17.8. The summed E-state index contributed by atoms with van der Waals surface area (Å²) in [7, 11) is -4.68. The van der Waals surface area contributed by atoms with Crippen LogP contribution in [0, 0.1) is 0 Å². The van der Waals surface area contributed by atoms with Gasteiger partial charge in [0.2, 0.25) is 0 Å². The molecule has 8 heteroatoms. The summed E-state index contributed by atoms with van der Waals surface area (Å²) in [6.07, 6.45) is 0.867. The highest BCUT2D eigenvalue weighted by atomic mass is 32.2. The molecule has 7 nitrogen and oxygen atoms in total. The SMILES string of the molecule is CCc1ccc(N=Nc2c(O)c(N)c3ccccc3c2S(=O)(=O)O)cc1. The molecule has 3 aromatic carbocycles. The first-order chi connectivity index (χ1) is 12.3. The van der Waals surface area contributed by atoms with E-state index in [1.807, 2.05) is 19.1 Å². The molecule has 0 aliphatic carbocycles. The maximum atomic E-state index is 11.9. The number of nitrogens with zero attached hydrogens (tertiary/aromatic N) is 2. The molecule has 0 spiro atoms. The highest BCUT2D eigenvalue weighted by molar-refractivity contribution is 7.86. The zero-order chi connectivity index (χ0) is 18.9. The van der Waals surface area contributed by atoms with Gasteiger partial charge in [-0.2, -0.15) is 13.5 Å². The van der Waals surface area contributed by atoms with E-state index in [4.69, 9.17) is 5.73 Å². The van der Waals surface area contributed by atoms with Crippen molar-refractivity contribution in [1.82, 2.24) is 0 Å². The number of aromatic hydroxyl groups is 1. The van der Waals surface area contributed by atoms with Crippen molar-refractivity contribution in [1.29, 1.82) is 0 Å². The quantitative estimate of drug-likeness (QED) is 0.272. The van der Waals surface area contributed by atoms with E-state index in [0.717, 1.165) is 12.0 Å². The minimum atomic E-state index is -4.68. The highest BCUT2D eigenvalue weighted by Gasteiger charge is 2.25. The molecule has 0 fully saturated rings. The number of nitrogen functional groups attached to an aromatic ring is 1. The Balaban J connectivity index is 2.24. The summed E-state index contributed by atoms with van der Waals surface area (Å²) in [5.41, 5.74) is 7.05. The van der Waals surface area contributed by atoms with Gasteiger partial charge in [0.25, 0.3) is 10.1 Å². The van der Waals surface area contributed by atoms with Crippen molar-refractivity contribution in [2.75, 3.05) is 5.73 Å². The molecule has 3 aromatic rings. The van der Waals surface area contributed by atoms with Crippen molar-refractivity contribution in [3.05, 3.63) is 54.1 Å². The third kappa shape index (κ3) is 3.24. The fourth-order valence-electron chi connectivity index (χ4n) is 2.67. The third-order valence-electron chi connectivity index (χ3n) is 4.02. The van der Waals surface area contributed by atoms with Crippen LogP contribution in [-0.2, 0) is 16.5 Å². The largest absolute Gasteiger partial charge is 0.504 e. The van der Waals surface area contributed by atoms with Gasteiger partial charge in [0.15, 0.2) is 11.4 Å². The van der Waals surface area contributed by atoms with Crippen LogP contribution < -0.4 is 5.73 Å². The minimum Gasteiger partial charge on any atom is -0.504 e. The number of hydrogen-bond donors (Lipinski definition) is 3. The van der Waals surface area contributed by atoms with E-state index in [1.54, 1.807) is 30.3 Å². The first-order valence-electron chi connectivity index (χ1n) is 7.84. The van der Waals surface area contributed by atoms with E-state index < -0.39 is 26.5 Å². The Morgan fingerprint density at radius 3 is 2.19 bits per heavy atom. The first-order valence-corrected chi connectivity index (χ1v) is 9.28. The van der Waals surface area contributed by atoms with Gasteiger partial charge in [0.1, 0.15) is 4.90 Å². The third-order valence-corrected chi connectivity index (χ3v) is 4.95. The normalized spacial score (nSPS) is 12.1. The molecule has 134 valence electrons. The number of nitrogens with two attached hydrogens (primary N) is 1. The fourth-order valence-corrected chi connectivity index (χ4v) is 3.50. The molecule has 0 heterocycles. The van der Waals surface area contributed by atoms with Gasteiger partial charge in [-0.25, -0.2) is 0 Å². The highest BCUT2D eigenvalue weighted by Crippen LogP contribution is 2.45. The van der Waals surface area contributed by atoms with E-state index in [0.29, 0.717) is 11.1 Å². The number of fused-ring (bicyclic) bond motifs is 1. The Labute approximate surface area is 150 Å². The number of benzene rings is 3. The summed E-state index contributed by atoms with van der Waals surface area (Å²) < 4.78 is 33.5. The van der Waals surface area contributed by atoms with Crippen LogP contribution in [0.5, 0.6) is 5.75 Å². The second-order valence-corrected chi connectivity index (χ2v) is 7.04. The number of aryl methyl sites for hydroxylation is 1. The smallest absolute Gasteiger partial charge is 0.297 e. The van der Waals surface area contributed by atoms with E-state index in [9.17, 15) is 18.1 Å². The minimum absolute atomic E-state index is 0.0386. The van der Waals surface area contributed by atoms with Gasteiger partial charge < -0.3 is 10.8 Å². The predicted molar refractivity (Wildman–Crippen MR) is 99.8 cm³/mol. The second kappa shape index (κ2) is 6.74. The van der Waals surface area contributed by atoms with Gasteiger partial charge in [-0.1, -0.05) is 43.3 Å². The van der Waals surface area contributed by atoms with Crippen LogP contribution >= 0.6 is 0 Å². The maximum Gasteiger partial charge on any atom is 0.297 e. The van der Waals surface area contributed by atoms with Crippen molar-refractivity contribution in [3.63, 3.8) is 0 Å². The van der Waals surface area contributed by atoms with Gasteiger partial charge in [-0.15, -0.1) is 5.11 Å². The average molecular weight is 371 g/mol. The molecule has 0 aliphatic heterocycles. The second-order valence-electron chi connectivity index (χ2n) is 5.68. The molecule has 4 N–H and O–H groups in total. The predicted octanol–water partition coefficient (Wildman–Crippen LogP) is 4.35. The van der Waals surface area contributed by atoms with E-state index in [-0.39, 0.29) is 11.1 Å². The summed E-state index contributed by atoms with van der Waals surface area (Å²) >= 11 is 0. The van der Waals surface area contributed by atoms with Crippen LogP contribution in [0.1, 0.15) is 12.5 Å². The number of hydrogen-bond acceptors (Lipinski definition) is 6. The molecule has 0 unspecified atom stereocenters. The lowest BCUT2D eigenvalue weighted by Crippen LogP contribution is -2.02. The van der Waals surface area contributed by atoms with Gasteiger partial charge in [0.05, 0.1) is 11.4 Å². The van der Waals surface area contributed by atoms with Gasteiger partial charge in [-0.05, 0) is 24.1 Å². The summed E-state index contributed by atoms with van der Waals surface area (Å²) in [6.45, 7) is 2.02. The Kier molecular flexibility index (Phi) is 4.62. The summed E-state index contributed by atoms with van der Waals surface area (Å²) in [6, 6.07) is 13.4. The number of phenols is 1. The van der Waals surface area contributed by atoms with E-state index >= 15 is 0 Å². The molecule has 0 atom stereocenters. The van der Waals surface area contributed by atoms with Crippen molar-refractivity contribution in [2.24, 2.45) is 10.2 Å². The zero-order valence-electron chi connectivity index (χ0n) is 13.9. The van der Waals surface area contributed by atoms with Crippen LogP contribution in [0.15, 0.2) is 63.7 Å². The Morgan fingerprint density at radius 2 is 1.62 bits per heavy atom. The van der Waals surface area contributed by atoms with Crippen LogP contribution in [-0.4, -0.2) is 18.1 Å². The number of rotatable bonds is 4. The molecule has 0 saturated carbocycles. The zero-order valence-corrected chi connectivity index (χ0v) is 14.7. The van der Waals surface area contributed by atoms with Crippen molar-refractivity contribution < 1.29 is 18.1 Å². The van der Waals surface area contributed by atoms with Gasteiger partial charge in [0, 0.05) is 10.8 Å². The van der Waals surface area contributed by atoms with E-state index in [1.165, 1.54) is 6.07 Å². The van der Waals surface area contributed by atoms with Crippen molar-refractivity contribution in [2.45, 2.75) is 18.2 Å². The van der Waals surface area contributed by atoms with Crippen LogP contribution in [0.3, 0.4) is 0 Å². The van der Waals surface area contributed by atoms with Crippen molar-refractivity contribution >= 4 is 38.0 Å². The molecular weight excluding hydrogens is 354 g/mol. The molecule has 3 rings (SSSR count). The molecule has 0 saturated heterocycles.